The van der Waals surface area contributed by atoms with Crippen LogP contribution in [0.1, 0.15) is 25.5 Å². The average Bonchev–Trinajstić information content (AvgIpc) is 2.99. The molecule has 1 fully saturated rings. The maximum absolute atomic E-state index is 12.5. The van der Waals surface area contributed by atoms with E-state index in [4.69, 9.17) is 10.2 Å². The minimum Gasteiger partial charge on any atom is -0.468 e. The zero-order chi connectivity index (χ0) is 15.9. The lowest BCUT2D eigenvalue weighted by molar-refractivity contribution is -0.135. The van der Waals surface area contributed by atoms with Crippen molar-refractivity contribution in [3.8, 4) is 0 Å². The van der Waals surface area contributed by atoms with Crippen molar-refractivity contribution >= 4 is 11.9 Å². The molecule has 2 rings (SSSR count). The van der Waals surface area contributed by atoms with Crippen LogP contribution in [-0.4, -0.2) is 54.0 Å². The van der Waals surface area contributed by atoms with Gasteiger partial charge >= 0.3 is 6.03 Å². The summed E-state index contributed by atoms with van der Waals surface area (Å²) in [5.74, 6) is 0.886. The van der Waals surface area contributed by atoms with E-state index in [1.165, 1.54) is 0 Å². The van der Waals surface area contributed by atoms with Gasteiger partial charge in [0.25, 0.3) is 0 Å². The van der Waals surface area contributed by atoms with Crippen LogP contribution in [0.25, 0.3) is 0 Å². The lowest BCUT2D eigenvalue weighted by Gasteiger charge is -2.36. The minimum absolute atomic E-state index is 0.0432. The van der Waals surface area contributed by atoms with E-state index < -0.39 is 12.1 Å². The predicted molar refractivity (Wildman–Crippen MR) is 82.0 cm³/mol. The molecule has 0 bridgehead atoms. The highest BCUT2D eigenvalue weighted by atomic mass is 16.3. The summed E-state index contributed by atoms with van der Waals surface area (Å²) >= 11 is 0. The van der Waals surface area contributed by atoms with Crippen LogP contribution in [-0.2, 0) is 11.3 Å². The maximum Gasteiger partial charge on any atom is 0.312 e. The highest BCUT2D eigenvalue weighted by Crippen LogP contribution is 2.11. The fourth-order valence-electron chi connectivity index (χ4n) is 2.69. The topological polar surface area (TPSA) is 91.8 Å². The molecule has 0 aromatic carbocycles. The number of furan rings is 1. The molecule has 1 aromatic rings. The van der Waals surface area contributed by atoms with E-state index in [0.717, 1.165) is 31.8 Å². The third kappa shape index (κ3) is 4.49. The number of urea groups is 1. The number of carbonyl (C=O) groups is 2. The van der Waals surface area contributed by atoms with Crippen LogP contribution in [0.5, 0.6) is 0 Å². The Hall–Kier alpha value is -2.02. The first kappa shape index (κ1) is 16.4. The standard InChI is InChI=1S/C15H24N4O3/c1-2-4-13(17-15(16)21)14(20)19-8-6-18(7-9-19)11-12-5-3-10-22-12/h3,5,10,13H,2,4,6-9,11H2,1H3,(H3,16,17,21)/t13-/m1/s1. The minimum atomic E-state index is -0.650. The van der Waals surface area contributed by atoms with E-state index in [-0.39, 0.29) is 5.91 Å². The SMILES string of the molecule is CCC[C@@H](NC(N)=O)C(=O)N1CCN(Cc2ccco2)CC1. The Bertz CT molecular complexity index is 481. The highest BCUT2D eigenvalue weighted by Gasteiger charge is 2.27. The summed E-state index contributed by atoms with van der Waals surface area (Å²) in [5.41, 5.74) is 5.15. The number of piperazine rings is 1. The van der Waals surface area contributed by atoms with Gasteiger partial charge in [0.15, 0.2) is 0 Å². The lowest BCUT2D eigenvalue weighted by Crippen LogP contribution is -2.55. The Morgan fingerprint density at radius 1 is 1.36 bits per heavy atom. The van der Waals surface area contributed by atoms with Crippen molar-refractivity contribution in [3.05, 3.63) is 24.2 Å². The van der Waals surface area contributed by atoms with Gasteiger partial charge in [-0.25, -0.2) is 4.79 Å². The van der Waals surface area contributed by atoms with Crippen molar-refractivity contribution in [1.29, 1.82) is 0 Å². The molecular formula is C15H24N4O3. The quantitative estimate of drug-likeness (QED) is 0.811. The molecule has 1 atom stereocenters. The molecule has 3 amide bonds. The highest BCUT2D eigenvalue weighted by molar-refractivity contribution is 5.86. The zero-order valence-electron chi connectivity index (χ0n) is 13.0. The number of nitrogens with zero attached hydrogens (tertiary/aromatic N) is 2. The summed E-state index contributed by atoms with van der Waals surface area (Å²) < 4.78 is 5.34. The van der Waals surface area contributed by atoms with Gasteiger partial charge in [-0.05, 0) is 18.6 Å². The summed E-state index contributed by atoms with van der Waals surface area (Å²) in [6.45, 7) is 5.63. The monoisotopic (exact) mass is 308 g/mol. The van der Waals surface area contributed by atoms with Crippen LogP contribution in [0.3, 0.4) is 0 Å². The zero-order valence-corrected chi connectivity index (χ0v) is 13.0. The summed E-state index contributed by atoms with van der Waals surface area (Å²) in [7, 11) is 0. The Labute approximate surface area is 130 Å². The number of hydrogen-bond donors (Lipinski definition) is 2. The van der Waals surface area contributed by atoms with Gasteiger partial charge in [-0.1, -0.05) is 13.3 Å². The molecule has 1 aliphatic rings. The second-order valence-electron chi connectivity index (χ2n) is 5.53. The van der Waals surface area contributed by atoms with Crippen molar-refractivity contribution in [3.63, 3.8) is 0 Å². The van der Waals surface area contributed by atoms with Crippen molar-refractivity contribution in [2.24, 2.45) is 5.73 Å². The number of nitrogens with two attached hydrogens (primary N) is 1. The molecule has 1 aliphatic heterocycles. The predicted octanol–water partition coefficient (Wildman–Crippen LogP) is 0.761. The van der Waals surface area contributed by atoms with Gasteiger partial charge in [0.1, 0.15) is 11.8 Å². The molecular weight excluding hydrogens is 284 g/mol. The Morgan fingerprint density at radius 2 is 2.09 bits per heavy atom. The van der Waals surface area contributed by atoms with Crippen molar-refractivity contribution in [2.75, 3.05) is 26.2 Å². The Balaban J connectivity index is 1.83. The molecule has 122 valence electrons. The van der Waals surface area contributed by atoms with Gasteiger partial charge in [0.05, 0.1) is 12.8 Å². The third-order valence-electron chi connectivity index (χ3n) is 3.84. The fourth-order valence-corrected chi connectivity index (χ4v) is 2.69. The first-order chi connectivity index (χ1) is 10.6. The van der Waals surface area contributed by atoms with Gasteiger partial charge in [0.2, 0.25) is 5.91 Å². The smallest absolute Gasteiger partial charge is 0.312 e. The van der Waals surface area contributed by atoms with Gasteiger partial charge in [-0.2, -0.15) is 0 Å². The number of amides is 3. The van der Waals surface area contributed by atoms with Crippen LogP contribution in [0.4, 0.5) is 4.79 Å². The van der Waals surface area contributed by atoms with Gasteiger partial charge in [-0.3, -0.25) is 9.69 Å². The number of carbonyl (C=O) groups excluding carboxylic acids is 2. The average molecular weight is 308 g/mol. The molecule has 3 N–H and O–H groups in total. The van der Waals surface area contributed by atoms with Gasteiger partial charge in [-0.15, -0.1) is 0 Å². The molecule has 7 heteroatoms. The van der Waals surface area contributed by atoms with Gasteiger partial charge < -0.3 is 20.4 Å². The van der Waals surface area contributed by atoms with Crippen molar-refractivity contribution < 1.29 is 14.0 Å². The summed E-state index contributed by atoms with van der Waals surface area (Å²) in [6.07, 6.45) is 3.09. The largest absolute Gasteiger partial charge is 0.468 e. The van der Waals surface area contributed by atoms with E-state index in [0.29, 0.717) is 19.5 Å². The Kier molecular flexibility index (Phi) is 5.83. The van der Waals surface area contributed by atoms with Crippen LogP contribution in [0.15, 0.2) is 22.8 Å². The summed E-state index contributed by atoms with van der Waals surface area (Å²) in [5, 5.41) is 2.54. The Morgan fingerprint density at radius 3 is 2.64 bits per heavy atom. The third-order valence-corrected chi connectivity index (χ3v) is 3.84. The normalized spacial score (nSPS) is 17.2. The molecule has 1 saturated heterocycles. The number of primary amides is 1. The summed E-state index contributed by atoms with van der Waals surface area (Å²) in [6, 6.07) is 2.66. The number of hydrogen-bond acceptors (Lipinski definition) is 4. The molecule has 22 heavy (non-hydrogen) atoms. The summed E-state index contributed by atoms with van der Waals surface area (Å²) in [4.78, 5) is 27.5. The lowest BCUT2D eigenvalue weighted by atomic mass is 10.1. The van der Waals surface area contributed by atoms with Gasteiger partial charge in [0, 0.05) is 26.2 Å². The van der Waals surface area contributed by atoms with Crippen LogP contribution in [0, 0.1) is 0 Å². The first-order valence-corrected chi connectivity index (χ1v) is 7.69. The molecule has 0 radical (unpaired) electrons. The molecule has 0 unspecified atom stereocenters. The molecule has 0 saturated carbocycles. The van der Waals surface area contributed by atoms with E-state index in [1.807, 2.05) is 19.1 Å². The van der Waals surface area contributed by atoms with E-state index >= 15 is 0 Å². The van der Waals surface area contributed by atoms with E-state index in [9.17, 15) is 9.59 Å². The first-order valence-electron chi connectivity index (χ1n) is 7.69. The van der Waals surface area contributed by atoms with Crippen molar-refractivity contribution in [1.82, 2.24) is 15.1 Å². The molecule has 2 heterocycles. The fraction of sp³-hybridized carbons (Fsp3) is 0.600. The van der Waals surface area contributed by atoms with Crippen LogP contribution < -0.4 is 11.1 Å². The second kappa shape index (κ2) is 7.84. The molecule has 0 aliphatic carbocycles. The number of rotatable bonds is 6. The molecule has 0 spiro atoms. The van der Waals surface area contributed by atoms with Crippen molar-refractivity contribution in [2.45, 2.75) is 32.4 Å². The second-order valence-corrected chi connectivity index (χ2v) is 5.53. The van der Waals surface area contributed by atoms with Crippen LogP contribution >= 0.6 is 0 Å². The van der Waals surface area contributed by atoms with E-state index in [2.05, 4.69) is 10.2 Å². The van der Waals surface area contributed by atoms with E-state index in [1.54, 1.807) is 11.2 Å². The molecule has 7 nitrogen and oxygen atoms in total. The maximum atomic E-state index is 12.5. The van der Waals surface area contributed by atoms with Crippen LogP contribution in [0.2, 0.25) is 0 Å². The molecule has 1 aromatic heterocycles. The number of nitrogens with one attached hydrogen (secondary N) is 1.